The minimum absolute atomic E-state index is 0.140. The predicted octanol–water partition coefficient (Wildman–Crippen LogP) is 3.06. The second kappa shape index (κ2) is 8.60. The smallest absolute Gasteiger partial charge is 0.277 e. The molecule has 3 rings (SSSR count). The number of hydrogen-bond donors (Lipinski definition) is 1. The summed E-state index contributed by atoms with van der Waals surface area (Å²) in [7, 11) is 1.87. The Morgan fingerprint density at radius 2 is 1.68 bits per heavy atom. The molecule has 2 N–H and O–H groups in total. The van der Waals surface area contributed by atoms with E-state index in [1.807, 2.05) is 55.6 Å². The van der Waals surface area contributed by atoms with Crippen LogP contribution >= 0.6 is 11.3 Å². The van der Waals surface area contributed by atoms with Crippen LogP contribution in [0.15, 0.2) is 78.2 Å². The molecule has 4 heteroatoms. The van der Waals surface area contributed by atoms with Crippen LogP contribution in [0, 0.1) is 0 Å². The van der Waals surface area contributed by atoms with Gasteiger partial charge in [-0.15, -0.1) is 11.3 Å². The van der Waals surface area contributed by atoms with E-state index in [1.165, 1.54) is 10.4 Å². The molecule has 0 bridgehead atoms. The molecule has 25 heavy (non-hydrogen) atoms. The summed E-state index contributed by atoms with van der Waals surface area (Å²) in [5.74, 6) is 0.140. The van der Waals surface area contributed by atoms with Gasteiger partial charge >= 0.3 is 0 Å². The first-order chi connectivity index (χ1) is 12.2. The second-order valence-electron chi connectivity index (χ2n) is 6.08. The highest BCUT2D eigenvalue weighted by atomic mass is 32.1. The van der Waals surface area contributed by atoms with Crippen LogP contribution in [0.3, 0.4) is 0 Å². The number of carbonyl (C=O) groups excluding carboxylic acids is 1. The number of thiophene rings is 1. The van der Waals surface area contributed by atoms with Gasteiger partial charge in [0.2, 0.25) is 0 Å². The van der Waals surface area contributed by atoms with E-state index >= 15 is 0 Å². The minimum atomic E-state index is 0.140. The molecule has 0 saturated carbocycles. The molecule has 0 aliphatic carbocycles. The van der Waals surface area contributed by atoms with E-state index in [1.54, 1.807) is 16.2 Å². The van der Waals surface area contributed by atoms with Gasteiger partial charge in [-0.25, -0.2) is 0 Å². The number of carbonyl (C=O) groups is 1. The number of hydrogen-bond acceptors (Lipinski definition) is 2. The van der Waals surface area contributed by atoms with Crippen molar-refractivity contribution in [2.75, 3.05) is 13.6 Å². The molecule has 3 aromatic rings. The third-order valence-corrected chi connectivity index (χ3v) is 5.18. The molecule has 0 radical (unpaired) electrons. The third kappa shape index (κ3) is 4.78. The normalized spacial score (nSPS) is 11.9. The van der Waals surface area contributed by atoms with E-state index in [4.69, 9.17) is 0 Å². The van der Waals surface area contributed by atoms with Crippen molar-refractivity contribution < 1.29 is 10.1 Å². The molecule has 0 unspecified atom stereocenters. The highest BCUT2D eigenvalue weighted by molar-refractivity contribution is 7.10. The van der Waals surface area contributed by atoms with Gasteiger partial charge in [-0.3, -0.25) is 4.79 Å². The zero-order valence-corrected chi connectivity index (χ0v) is 15.2. The molecule has 1 aromatic heterocycles. The number of quaternary nitrogens is 1. The summed E-state index contributed by atoms with van der Waals surface area (Å²) in [6.07, 6.45) is 0. The Kier molecular flexibility index (Phi) is 5.99. The fourth-order valence-electron chi connectivity index (χ4n) is 2.87. The van der Waals surface area contributed by atoms with Crippen LogP contribution in [0.4, 0.5) is 0 Å². The zero-order valence-electron chi connectivity index (χ0n) is 14.3. The van der Waals surface area contributed by atoms with E-state index in [0.29, 0.717) is 13.1 Å². The van der Waals surface area contributed by atoms with Crippen LogP contribution < -0.4 is 5.32 Å². The van der Waals surface area contributed by atoms with Crippen molar-refractivity contribution in [3.8, 4) is 0 Å². The van der Waals surface area contributed by atoms with Gasteiger partial charge in [-0.2, -0.15) is 0 Å². The fraction of sp³-hybridized carbons (Fsp3) is 0.190. The lowest BCUT2D eigenvalue weighted by Gasteiger charge is -2.19. The predicted molar refractivity (Wildman–Crippen MR) is 102 cm³/mol. The molecular weight excluding hydrogens is 328 g/mol. The second-order valence-corrected chi connectivity index (χ2v) is 7.06. The summed E-state index contributed by atoms with van der Waals surface area (Å²) in [6.45, 7) is 1.07. The molecule has 1 amide bonds. The van der Waals surface area contributed by atoms with Crippen molar-refractivity contribution in [1.29, 1.82) is 0 Å². The molecule has 0 spiro atoms. The maximum Gasteiger partial charge on any atom is 0.277 e. The number of nitrogens with zero attached hydrogens (tertiary/aromatic N) is 1. The SMILES string of the molecule is CN(Cc1ccccc1)C(=O)C[NH2+][C@@H](c1ccccc1)c1cccs1. The van der Waals surface area contributed by atoms with E-state index in [9.17, 15) is 4.79 Å². The van der Waals surface area contributed by atoms with Crippen molar-refractivity contribution in [2.24, 2.45) is 0 Å². The first-order valence-corrected chi connectivity index (χ1v) is 9.31. The van der Waals surface area contributed by atoms with E-state index in [-0.39, 0.29) is 11.9 Å². The van der Waals surface area contributed by atoms with Gasteiger partial charge in [0, 0.05) is 19.2 Å². The van der Waals surface area contributed by atoms with Gasteiger partial charge in [0.1, 0.15) is 6.04 Å². The first-order valence-electron chi connectivity index (χ1n) is 8.43. The molecule has 128 valence electrons. The standard InChI is InChI=1S/C21H22N2OS/c1-23(16-17-9-4-2-5-10-17)20(24)15-22-21(19-13-8-14-25-19)18-11-6-3-7-12-18/h2-14,21-22H,15-16H2,1H3/p+1/t21-/m0/s1. The van der Waals surface area contributed by atoms with Crippen LogP contribution in [0.5, 0.6) is 0 Å². The lowest BCUT2D eigenvalue weighted by Crippen LogP contribution is -2.87. The Balaban J connectivity index is 1.64. The lowest BCUT2D eigenvalue weighted by molar-refractivity contribution is -0.676. The monoisotopic (exact) mass is 351 g/mol. The Hall–Kier alpha value is -2.43. The summed E-state index contributed by atoms with van der Waals surface area (Å²) < 4.78 is 0. The van der Waals surface area contributed by atoms with Crippen LogP contribution in [0.25, 0.3) is 0 Å². The maximum absolute atomic E-state index is 12.6. The Morgan fingerprint density at radius 3 is 2.32 bits per heavy atom. The molecule has 0 aliphatic rings. The average Bonchev–Trinajstić information content (AvgIpc) is 3.18. The summed E-state index contributed by atoms with van der Waals surface area (Å²) in [4.78, 5) is 15.6. The topological polar surface area (TPSA) is 36.9 Å². The summed E-state index contributed by atoms with van der Waals surface area (Å²) in [6, 6.07) is 24.8. The van der Waals surface area contributed by atoms with Crippen molar-refractivity contribution in [1.82, 2.24) is 4.90 Å². The Bertz CT molecular complexity index is 772. The quantitative estimate of drug-likeness (QED) is 0.698. The largest absolute Gasteiger partial charge is 0.337 e. The number of nitrogens with two attached hydrogens (primary N) is 1. The molecule has 0 aliphatic heterocycles. The Labute approximate surface area is 152 Å². The van der Waals surface area contributed by atoms with E-state index < -0.39 is 0 Å². The summed E-state index contributed by atoms with van der Waals surface area (Å²) in [5, 5.41) is 4.22. The molecule has 1 atom stereocenters. The maximum atomic E-state index is 12.6. The summed E-state index contributed by atoms with van der Waals surface area (Å²) >= 11 is 1.73. The van der Waals surface area contributed by atoms with Gasteiger partial charge in [-0.05, 0) is 17.0 Å². The van der Waals surface area contributed by atoms with E-state index in [2.05, 4.69) is 35.0 Å². The minimum Gasteiger partial charge on any atom is -0.337 e. The molecule has 0 fully saturated rings. The van der Waals surface area contributed by atoms with Crippen molar-refractivity contribution in [2.45, 2.75) is 12.6 Å². The van der Waals surface area contributed by atoms with Gasteiger partial charge in [0.25, 0.3) is 5.91 Å². The van der Waals surface area contributed by atoms with Crippen molar-refractivity contribution >= 4 is 17.2 Å². The highest BCUT2D eigenvalue weighted by Crippen LogP contribution is 2.22. The molecule has 3 nitrogen and oxygen atoms in total. The number of benzene rings is 2. The van der Waals surface area contributed by atoms with Crippen LogP contribution in [-0.4, -0.2) is 24.4 Å². The van der Waals surface area contributed by atoms with Crippen molar-refractivity contribution in [3.05, 3.63) is 94.2 Å². The molecular formula is C21H23N2OS+. The third-order valence-electron chi connectivity index (χ3n) is 4.22. The molecule has 0 saturated heterocycles. The zero-order chi connectivity index (χ0) is 17.5. The average molecular weight is 351 g/mol. The van der Waals surface area contributed by atoms with Gasteiger partial charge in [0.15, 0.2) is 6.54 Å². The van der Waals surface area contributed by atoms with Crippen LogP contribution in [-0.2, 0) is 11.3 Å². The van der Waals surface area contributed by atoms with E-state index in [0.717, 1.165) is 5.56 Å². The Morgan fingerprint density at radius 1 is 1.00 bits per heavy atom. The number of rotatable bonds is 7. The number of likely N-dealkylation sites (N-methyl/N-ethyl adjacent to an activating group) is 1. The van der Waals surface area contributed by atoms with Crippen LogP contribution in [0.1, 0.15) is 22.0 Å². The van der Waals surface area contributed by atoms with Crippen molar-refractivity contribution in [3.63, 3.8) is 0 Å². The number of amides is 1. The summed E-state index contributed by atoms with van der Waals surface area (Å²) in [5.41, 5.74) is 2.37. The highest BCUT2D eigenvalue weighted by Gasteiger charge is 2.21. The van der Waals surface area contributed by atoms with Gasteiger partial charge < -0.3 is 10.2 Å². The first kappa shape index (κ1) is 17.4. The molecule has 2 aromatic carbocycles. The fourth-order valence-corrected chi connectivity index (χ4v) is 3.72. The van der Waals surface area contributed by atoms with Crippen LogP contribution in [0.2, 0.25) is 0 Å². The van der Waals surface area contributed by atoms with Gasteiger partial charge in [0.05, 0.1) is 4.88 Å². The lowest BCUT2D eigenvalue weighted by atomic mass is 10.1. The molecule has 1 heterocycles. The van der Waals surface area contributed by atoms with Gasteiger partial charge in [-0.1, -0.05) is 66.7 Å².